The van der Waals surface area contributed by atoms with Crippen molar-refractivity contribution in [1.82, 2.24) is 29.6 Å². The van der Waals surface area contributed by atoms with Crippen molar-refractivity contribution in [2.75, 3.05) is 11.9 Å². The first-order valence-electron chi connectivity index (χ1n) is 10.0. The molecule has 2 N–H and O–H groups in total. The Balaban J connectivity index is 1.29. The lowest BCUT2D eigenvalue weighted by molar-refractivity contribution is 0.205. The van der Waals surface area contributed by atoms with Crippen LogP contribution in [-0.2, 0) is 26.2 Å². The van der Waals surface area contributed by atoms with E-state index in [1.54, 1.807) is 12.4 Å². The van der Waals surface area contributed by atoms with E-state index in [0.29, 0.717) is 12.5 Å². The molecule has 7 heteroatoms. The third-order valence-corrected chi connectivity index (χ3v) is 5.74. The van der Waals surface area contributed by atoms with Crippen LogP contribution in [0.3, 0.4) is 0 Å². The molecule has 0 atom stereocenters. The third-order valence-electron chi connectivity index (χ3n) is 5.74. The highest BCUT2D eigenvalue weighted by Gasteiger charge is 2.20. The first kappa shape index (κ1) is 17.9. The second-order valence-corrected chi connectivity index (χ2v) is 7.70. The van der Waals surface area contributed by atoms with Crippen LogP contribution in [0.4, 0.5) is 5.95 Å². The number of nitrogens with zero attached hydrogens (tertiary/aromatic N) is 5. The number of nitrogens with one attached hydrogen (secondary N) is 2. The lowest BCUT2D eigenvalue weighted by Gasteiger charge is -2.27. The summed E-state index contributed by atoms with van der Waals surface area (Å²) in [5, 5.41) is 9.30. The average molecular weight is 387 g/mol. The predicted octanol–water partition coefficient (Wildman–Crippen LogP) is 3.40. The second-order valence-electron chi connectivity index (χ2n) is 7.70. The van der Waals surface area contributed by atoms with Crippen LogP contribution in [0, 0.1) is 13.8 Å². The van der Waals surface area contributed by atoms with Gasteiger partial charge in [-0.15, -0.1) is 0 Å². The molecule has 0 bridgehead atoms. The van der Waals surface area contributed by atoms with Gasteiger partial charge >= 0.3 is 0 Å². The van der Waals surface area contributed by atoms with Crippen molar-refractivity contribution in [1.29, 1.82) is 0 Å². The van der Waals surface area contributed by atoms with Crippen LogP contribution in [0.1, 0.15) is 28.2 Å². The van der Waals surface area contributed by atoms with E-state index >= 15 is 0 Å². The lowest BCUT2D eigenvalue weighted by Crippen LogP contribution is -2.33. The van der Waals surface area contributed by atoms with Crippen LogP contribution in [0.15, 0.2) is 42.7 Å². The molecule has 29 heavy (non-hydrogen) atoms. The summed E-state index contributed by atoms with van der Waals surface area (Å²) in [7, 11) is 0. The number of anilines is 1. The maximum absolute atomic E-state index is 4.74. The van der Waals surface area contributed by atoms with Crippen molar-refractivity contribution in [2.45, 2.75) is 40.0 Å². The molecule has 0 saturated heterocycles. The average Bonchev–Trinajstić information content (AvgIpc) is 3.28. The van der Waals surface area contributed by atoms with Crippen LogP contribution < -0.4 is 5.32 Å². The van der Waals surface area contributed by atoms with Gasteiger partial charge in [0.25, 0.3) is 0 Å². The molecule has 0 spiro atoms. The summed E-state index contributed by atoms with van der Waals surface area (Å²) in [5.74, 6) is 0.629. The van der Waals surface area contributed by atoms with Crippen molar-refractivity contribution in [3.05, 3.63) is 70.9 Å². The number of aromatic nitrogens is 5. The fourth-order valence-corrected chi connectivity index (χ4v) is 4.08. The summed E-state index contributed by atoms with van der Waals surface area (Å²) >= 11 is 0. The fraction of sp³-hybridized carbons (Fsp3) is 0.318. The highest BCUT2D eigenvalue weighted by molar-refractivity contribution is 5.87. The number of hydrogen-bond acceptors (Lipinski definition) is 5. The Hall–Kier alpha value is -3.19. The highest BCUT2D eigenvalue weighted by Crippen LogP contribution is 2.26. The molecule has 1 aliphatic rings. The molecule has 0 aliphatic carbocycles. The second kappa shape index (κ2) is 7.33. The van der Waals surface area contributed by atoms with Crippen LogP contribution in [0.25, 0.3) is 10.9 Å². The molecule has 1 aromatic carbocycles. The van der Waals surface area contributed by atoms with Gasteiger partial charge in [-0.3, -0.25) is 9.58 Å². The van der Waals surface area contributed by atoms with Crippen molar-refractivity contribution in [3.8, 4) is 0 Å². The van der Waals surface area contributed by atoms with Crippen LogP contribution in [-0.4, -0.2) is 36.2 Å². The summed E-state index contributed by atoms with van der Waals surface area (Å²) in [6.45, 7) is 8.72. The minimum absolute atomic E-state index is 0.629. The molecule has 4 heterocycles. The maximum Gasteiger partial charge on any atom is 0.222 e. The van der Waals surface area contributed by atoms with Crippen molar-refractivity contribution in [2.24, 2.45) is 0 Å². The first-order chi connectivity index (χ1) is 14.2. The van der Waals surface area contributed by atoms with E-state index in [2.05, 4.69) is 68.0 Å². The molecule has 0 radical (unpaired) electrons. The smallest absolute Gasteiger partial charge is 0.222 e. The number of para-hydroxylation sites is 1. The Morgan fingerprint density at radius 3 is 2.83 bits per heavy atom. The molecule has 0 saturated carbocycles. The normalized spacial score (nSPS) is 14.3. The monoisotopic (exact) mass is 387 g/mol. The Labute approximate surface area is 169 Å². The van der Waals surface area contributed by atoms with E-state index in [4.69, 9.17) is 5.10 Å². The summed E-state index contributed by atoms with van der Waals surface area (Å²) in [6.07, 6.45) is 3.47. The first-order valence-corrected chi connectivity index (χ1v) is 10.0. The van der Waals surface area contributed by atoms with Gasteiger partial charge in [0, 0.05) is 43.1 Å². The third kappa shape index (κ3) is 3.49. The summed E-state index contributed by atoms with van der Waals surface area (Å²) in [6, 6.07) is 10.6. The number of aryl methyl sites for hydroxylation is 2. The van der Waals surface area contributed by atoms with Gasteiger partial charge < -0.3 is 10.3 Å². The zero-order chi connectivity index (χ0) is 19.8. The Bertz CT molecular complexity index is 1140. The Morgan fingerprint density at radius 1 is 1.10 bits per heavy atom. The quantitative estimate of drug-likeness (QED) is 0.549. The predicted molar refractivity (Wildman–Crippen MR) is 113 cm³/mol. The zero-order valence-corrected chi connectivity index (χ0v) is 16.8. The zero-order valence-electron chi connectivity index (χ0n) is 16.8. The van der Waals surface area contributed by atoms with Gasteiger partial charge in [0.2, 0.25) is 5.95 Å². The fourth-order valence-electron chi connectivity index (χ4n) is 4.08. The Morgan fingerprint density at radius 2 is 1.97 bits per heavy atom. The number of rotatable bonds is 5. The van der Waals surface area contributed by atoms with Crippen molar-refractivity contribution in [3.63, 3.8) is 0 Å². The van der Waals surface area contributed by atoms with Gasteiger partial charge in [0.05, 0.1) is 30.0 Å². The summed E-state index contributed by atoms with van der Waals surface area (Å²) in [5.41, 5.74) is 7.51. The van der Waals surface area contributed by atoms with Crippen LogP contribution in [0.2, 0.25) is 0 Å². The molecule has 0 fully saturated rings. The molecule has 4 aromatic rings. The minimum Gasteiger partial charge on any atom is -0.358 e. The molecule has 148 valence electrons. The molecule has 1 aliphatic heterocycles. The van der Waals surface area contributed by atoms with Gasteiger partial charge in [-0.05, 0) is 37.1 Å². The molecule has 0 amide bonds. The highest BCUT2D eigenvalue weighted by atomic mass is 15.3. The number of aromatic amines is 1. The Kier molecular flexibility index (Phi) is 4.52. The summed E-state index contributed by atoms with van der Waals surface area (Å²) < 4.78 is 2.13. The largest absolute Gasteiger partial charge is 0.358 e. The van der Waals surface area contributed by atoms with Gasteiger partial charge in [-0.1, -0.05) is 18.2 Å². The molecule has 7 nitrogen and oxygen atoms in total. The molecule has 0 unspecified atom stereocenters. The number of fused-ring (bicyclic) bond motifs is 2. The van der Waals surface area contributed by atoms with E-state index in [0.717, 1.165) is 31.9 Å². The molecule has 3 aromatic heterocycles. The van der Waals surface area contributed by atoms with Crippen LogP contribution >= 0.6 is 0 Å². The van der Waals surface area contributed by atoms with Crippen molar-refractivity contribution < 1.29 is 0 Å². The van der Waals surface area contributed by atoms with Gasteiger partial charge in [-0.25, -0.2) is 9.97 Å². The van der Waals surface area contributed by atoms with E-state index in [9.17, 15) is 0 Å². The van der Waals surface area contributed by atoms with Gasteiger partial charge in [0.15, 0.2) is 0 Å². The summed E-state index contributed by atoms with van der Waals surface area (Å²) in [4.78, 5) is 14.5. The molecular formula is C22H25N7. The molecule has 5 rings (SSSR count). The maximum atomic E-state index is 4.74. The van der Waals surface area contributed by atoms with E-state index in [1.807, 2.05) is 6.07 Å². The van der Waals surface area contributed by atoms with E-state index in [1.165, 1.54) is 33.4 Å². The topological polar surface area (TPSA) is 74.7 Å². The van der Waals surface area contributed by atoms with Gasteiger partial charge in [-0.2, -0.15) is 5.10 Å². The minimum atomic E-state index is 0.629. The number of hydrogen-bond donors (Lipinski definition) is 2. The van der Waals surface area contributed by atoms with Crippen molar-refractivity contribution >= 4 is 16.9 Å². The van der Waals surface area contributed by atoms with E-state index in [-0.39, 0.29) is 0 Å². The van der Waals surface area contributed by atoms with Gasteiger partial charge in [0.1, 0.15) is 0 Å². The molecular weight excluding hydrogens is 362 g/mol. The number of benzene rings is 1. The SMILES string of the molecule is Cc1[nH]c2c(CN3CCn4nc(CNc5ncccn5)cc4C3)cccc2c1C. The van der Waals surface area contributed by atoms with E-state index < -0.39 is 0 Å². The lowest BCUT2D eigenvalue weighted by atomic mass is 10.1. The standard InChI is InChI=1S/C22H25N7/c1-15-16(2)26-21-17(5-3-6-20(15)21)13-28-9-10-29-19(14-28)11-18(27-29)12-25-22-23-7-4-8-24-22/h3-8,11,26H,9-10,12-14H2,1-2H3,(H,23,24,25). The van der Waals surface area contributed by atoms with Crippen LogP contribution in [0.5, 0.6) is 0 Å². The number of H-pyrrole nitrogens is 1.